The maximum absolute atomic E-state index is 13.4. The number of methoxy groups -OCH3 is 1. The van der Waals surface area contributed by atoms with Crippen LogP contribution in [0, 0.1) is 11.6 Å². The molecule has 2 fully saturated rings. The van der Waals surface area contributed by atoms with E-state index in [1.807, 2.05) is 4.90 Å². The molecule has 2 saturated heterocycles. The van der Waals surface area contributed by atoms with E-state index in [0.717, 1.165) is 6.07 Å². The quantitative estimate of drug-likeness (QED) is 0.673. The molecular formula is C25H29F2N3O4. The summed E-state index contributed by atoms with van der Waals surface area (Å²) < 4.78 is 32.0. The number of carbonyl (C=O) groups is 2. The minimum atomic E-state index is -0.697. The number of hydrogen-bond donors (Lipinski definition) is 2. The Morgan fingerprint density at radius 2 is 1.82 bits per heavy atom. The van der Waals surface area contributed by atoms with Crippen LogP contribution >= 0.6 is 0 Å². The maximum atomic E-state index is 13.4. The maximum Gasteiger partial charge on any atom is 0.253 e. The predicted octanol–water partition coefficient (Wildman–Crippen LogP) is 2.33. The van der Waals surface area contributed by atoms with E-state index in [9.17, 15) is 23.5 Å². The molecule has 0 radical (unpaired) electrons. The number of amides is 2. The van der Waals surface area contributed by atoms with E-state index in [0.29, 0.717) is 55.8 Å². The lowest BCUT2D eigenvalue weighted by Gasteiger charge is -2.39. The van der Waals surface area contributed by atoms with Crippen LogP contribution in [0.4, 0.5) is 8.78 Å². The Morgan fingerprint density at radius 3 is 2.50 bits per heavy atom. The summed E-state index contributed by atoms with van der Waals surface area (Å²) in [7, 11) is 1.56. The lowest BCUT2D eigenvalue weighted by atomic mass is 10.0. The van der Waals surface area contributed by atoms with Crippen LogP contribution in [-0.4, -0.2) is 71.7 Å². The highest BCUT2D eigenvalue weighted by Crippen LogP contribution is 2.27. The molecule has 34 heavy (non-hydrogen) atoms. The fourth-order valence-electron chi connectivity index (χ4n) is 4.86. The number of benzene rings is 2. The Bertz CT molecular complexity index is 1020. The smallest absolute Gasteiger partial charge is 0.253 e. The van der Waals surface area contributed by atoms with E-state index >= 15 is 0 Å². The number of likely N-dealkylation sites (tertiary alicyclic amines) is 2. The summed E-state index contributed by atoms with van der Waals surface area (Å²) in [4.78, 5) is 29.6. The van der Waals surface area contributed by atoms with Gasteiger partial charge in [0.25, 0.3) is 5.91 Å². The van der Waals surface area contributed by atoms with Gasteiger partial charge in [0.1, 0.15) is 17.4 Å². The molecule has 0 saturated carbocycles. The number of piperidine rings is 1. The molecule has 4 rings (SSSR count). The molecule has 2 heterocycles. The third-order valence-corrected chi connectivity index (χ3v) is 6.55. The van der Waals surface area contributed by atoms with Gasteiger partial charge in [-0.15, -0.1) is 0 Å². The molecule has 2 atom stereocenters. The monoisotopic (exact) mass is 473 g/mol. The molecule has 182 valence electrons. The molecule has 2 aliphatic rings. The Morgan fingerprint density at radius 1 is 1.12 bits per heavy atom. The number of nitrogens with zero attached hydrogens (tertiary/aromatic N) is 2. The van der Waals surface area contributed by atoms with Gasteiger partial charge < -0.3 is 20.1 Å². The second kappa shape index (κ2) is 10.5. The number of carbonyl (C=O) groups excluding carboxylic acids is 2. The zero-order valence-electron chi connectivity index (χ0n) is 19.0. The zero-order chi connectivity index (χ0) is 24.2. The molecule has 9 heteroatoms. The van der Waals surface area contributed by atoms with Crippen molar-refractivity contribution in [3.63, 3.8) is 0 Å². The Kier molecular flexibility index (Phi) is 7.43. The van der Waals surface area contributed by atoms with E-state index < -0.39 is 23.8 Å². The number of ether oxygens (including phenoxy) is 1. The summed E-state index contributed by atoms with van der Waals surface area (Å²) in [6.07, 6.45) is 1.04. The van der Waals surface area contributed by atoms with Gasteiger partial charge in [-0.1, -0.05) is 6.07 Å². The van der Waals surface area contributed by atoms with Crippen molar-refractivity contribution in [3.05, 3.63) is 65.2 Å². The van der Waals surface area contributed by atoms with Crippen LogP contribution < -0.4 is 10.1 Å². The summed E-state index contributed by atoms with van der Waals surface area (Å²) in [5.74, 6) is -1.11. The number of hydrogen-bond acceptors (Lipinski definition) is 5. The lowest BCUT2D eigenvalue weighted by molar-refractivity contribution is -0.126. The van der Waals surface area contributed by atoms with Crippen molar-refractivity contribution in [2.45, 2.75) is 44.0 Å². The van der Waals surface area contributed by atoms with E-state index in [4.69, 9.17) is 4.74 Å². The normalized spacial score (nSPS) is 21.5. The second-order valence-electron chi connectivity index (χ2n) is 8.85. The van der Waals surface area contributed by atoms with Crippen molar-refractivity contribution in [2.24, 2.45) is 0 Å². The number of halogens is 2. The fraction of sp³-hybridized carbons (Fsp3) is 0.440. The van der Waals surface area contributed by atoms with Crippen molar-refractivity contribution in [3.8, 4) is 5.75 Å². The Hall–Kier alpha value is -3.04. The average Bonchev–Trinajstić information content (AvgIpc) is 3.23. The van der Waals surface area contributed by atoms with Gasteiger partial charge in [-0.2, -0.15) is 0 Å². The largest absolute Gasteiger partial charge is 0.497 e. The number of aliphatic hydroxyl groups is 1. The number of aliphatic hydroxyl groups excluding tert-OH is 1. The van der Waals surface area contributed by atoms with Gasteiger partial charge in [-0.3, -0.25) is 14.5 Å². The van der Waals surface area contributed by atoms with Crippen LogP contribution in [0.1, 0.15) is 35.2 Å². The van der Waals surface area contributed by atoms with Crippen molar-refractivity contribution in [1.29, 1.82) is 0 Å². The third-order valence-electron chi connectivity index (χ3n) is 6.55. The topological polar surface area (TPSA) is 82.1 Å². The third kappa shape index (κ3) is 5.53. The first-order chi connectivity index (χ1) is 16.3. The molecule has 2 aliphatic heterocycles. The van der Waals surface area contributed by atoms with Gasteiger partial charge in [-0.25, -0.2) is 8.78 Å². The lowest BCUT2D eigenvalue weighted by Crippen LogP contribution is -2.52. The van der Waals surface area contributed by atoms with E-state index in [-0.39, 0.29) is 24.4 Å². The minimum Gasteiger partial charge on any atom is -0.497 e. The Balaban J connectivity index is 1.34. The van der Waals surface area contributed by atoms with Gasteiger partial charge in [0.05, 0.1) is 19.3 Å². The standard InChI is InChI=1S/C25H29F2N3O4/c1-34-22-4-2-3-17(11-22)25(33)29-7-5-20(6-8-29)30-15-21(31)13-23(30)24(32)28-14-16-9-18(26)12-19(27)10-16/h2-4,9-12,20-21,23,31H,5-8,13-15H2,1H3,(H,28,32)/t21-,23+/m1/s1. The first-order valence-corrected chi connectivity index (χ1v) is 11.4. The highest BCUT2D eigenvalue weighted by atomic mass is 19.1. The highest BCUT2D eigenvalue weighted by molar-refractivity contribution is 5.94. The second-order valence-corrected chi connectivity index (χ2v) is 8.85. The average molecular weight is 474 g/mol. The van der Waals surface area contributed by atoms with Gasteiger partial charge in [-0.05, 0) is 55.2 Å². The molecular weight excluding hydrogens is 444 g/mol. The fourth-order valence-corrected chi connectivity index (χ4v) is 4.86. The summed E-state index contributed by atoms with van der Waals surface area (Å²) in [5.41, 5.74) is 0.903. The Labute approximate surface area is 197 Å². The molecule has 7 nitrogen and oxygen atoms in total. The van der Waals surface area contributed by atoms with Gasteiger partial charge in [0, 0.05) is 43.9 Å². The van der Waals surface area contributed by atoms with Crippen molar-refractivity contribution >= 4 is 11.8 Å². The van der Waals surface area contributed by atoms with Gasteiger partial charge >= 0.3 is 0 Å². The molecule has 2 N–H and O–H groups in total. The van der Waals surface area contributed by atoms with Gasteiger partial charge in [0.2, 0.25) is 5.91 Å². The zero-order valence-corrected chi connectivity index (χ0v) is 19.0. The molecule has 0 aromatic heterocycles. The van der Waals surface area contributed by atoms with Crippen LogP contribution in [0.25, 0.3) is 0 Å². The van der Waals surface area contributed by atoms with Gasteiger partial charge in [0.15, 0.2) is 0 Å². The van der Waals surface area contributed by atoms with E-state index in [1.54, 1.807) is 36.3 Å². The molecule has 2 aromatic carbocycles. The van der Waals surface area contributed by atoms with Crippen LogP contribution in [0.15, 0.2) is 42.5 Å². The molecule has 0 aliphatic carbocycles. The highest BCUT2D eigenvalue weighted by Gasteiger charge is 2.41. The first kappa shape index (κ1) is 24.1. The molecule has 0 spiro atoms. The first-order valence-electron chi connectivity index (χ1n) is 11.4. The number of β-amino-alcohol motifs (C(OH)–C–C–N with tert-alkyl or cyclic N) is 1. The molecule has 2 aromatic rings. The van der Waals surface area contributed by atoms with Crippen molar-refractivity contribution in [2.75, 3.05) is 26.7 Å². The van der Waals surface area contributed by atoms with E-state index in [1.165, 1.54) is 12.1 Å². The van der Waals surface area contributed by atoms with Crippen molar-refractivity contribution in [1.82, 2.24) is 15.1 Å². The summed E-state index contributed by atoms with van der Waals surface area (Å²) in [6.45, 7) is 1.47. The predicted molar refractivity (Wildman–Crippen MR) is 121 cm³/mol. The molecule has 0 bridgehead atoms. The SMILES string of the molecule is COc1cccc(C(=O)N2CCC(N3C[C@H](O)C[C@H]3C(=O)NCc3cc(F)cc(F)c3)CC2)c1. The van der Waals surface area contributed by atoms with Crippen LogP contribution in [0.2, 0.25) is 0 Å². The summed E-state index contributed by atoms with van der Waals surface area (Å²) >= 11 is 0. The van der Waals surface area contributed by atoms with Crippen LogP contribution in [-0.2, 0) is 11.3 Å². The minimum absolute atomic E-state index is 0.00142. The molecule has 2 amide bonds. The number of nitrogens with one attached hydrogen (secondary N) is 1. The summed E-state index contributed by atoms with van der Waals surface area (Å²) in [6, 6.07) is 9.72. The van der Waals surface area contributed by atoms with Crippen LogP contribution in [0.3, 0.4) is 0 Å². The van der Waals surface area contributed by atoms with E-state index in [2.05, 4.69) is 5.32 Å². The molecule has 0 unspecified atom stereocenters. The van der Waals surface area contributed by atoms with Crippen molar-refractivity contribution < 1.29 is 28.2 Å². The van der Waals surface area contributed by atoms with Crippen LogP contribution in [0.5, 0.6) is 5.75 Å². The number of rotatable bonds is 6. The summed E-state index contributed by atoms with van der Waals surface area (Å²) in [5, 5.41) is 13.0.